The predicted molar refractivity (Wildman–Crippen MR) is 138 cm³/mol. The molecule has 0 spiro atoms. The molecule has 0 aliphatic heterocycles. The second-order valence-electron chi connectivity index (χ2n) is 8.18. The third-order valence-electron chi connectivity index (χ3n) is 5.68. The van der Waals surface area contributed by atoms with Gasteiger partial charge in [0.2, 0.25) is 5.91 Å². The van der Waals surface area contributed by atoms with Crippen LogP contribution in [0.5, 0.6) is 0 Å². The zero-order chi connectivity index (χ0) is 25.2. The molecule has 2 amide bonds. The molecule has 1 atom stereocenters. The first-order chi connectivity index (χ1) is 16.9. The van der Waals surface area contributed by atoms with E-state index in [0.29, 0.717) is 12.1 Å². The maximum Gasteiger partial charge on any atom is 0.252 e. The Balaban J connectivity index is 0.00000456. The van der Waals surface area contributed by atoms with Gasteiger partial charge in [-0.1, -0.05) is 38.3 Å². The minimum absolute atomic E-state index is 0. The van der Waals surface area contributed by atoms with E-state index in [9.17, 15) is 18.4 Å². The molecule has 190 valence electrons. The number of hydrogen-bond donors (Lipinski definition) is 3. The first-order valence-corrected chi connectivity index (χ1v) is 11.3. The highest BCUT2D eigenvalue weighted by Gasteiger charge is 2.28. The lowest BCUT2D eigenvalue weighted by Crippen LogP contribution is -2.45. The second-order valence-corrected chi connectivity index (χ2v) is 8.18. The predicted octanol–water partition coefficient (Wildman–Crippen LogP) is 5.15. The molecule has 2 aromatic rings. The Morgan fingerprint density at radius 3 is 2.77 bits per heavy atom. The van der Waals surface area contributed by atoms with Crippen LogP contribution in [0.4, 0.5) is 20.3 Å². The van der Waals surface area contributed by atoms with Crippen LogP contribution >= 0.6 is 0 Å². The third kappa shape index (κ3) is 7.26. The minimum Gasteiger partial charge on any atom is -0.353 e. The molecule has 35 heavy (non-hydrogen) atoms. The first kappa shape index (κ1) is 25.7. The maximum absolute atomic E-state index is 14.1. The highest BCUT2D eigenvalue weighted by molar-refractivity contribution is 6.01. The Labute approximate surface area is 207 Å². The molecule has 1 aliphatic carbocycles. The first-order valence-electron chi connectivity index (χ1n) is 11.3. The van der Waals surface area contributed by atoms with Gasteiger partial charge in [0, 0.05) is 22.6 Å². The van der Waals surface area contributed by atoms with Crippen LogP contribution < -0.4 is 16.0 Å². The molecular weight excluding hydrogens is 454 g/mol. The van der Waals surface area contributed by atoms with Gasteiger partial charge in [-0.25, -0.2) is 18.7 Å². The lowest BCUT2D eigenvalue weighted by Gasteiger charge is -2.21. The smallest absolute Gasteiger partial charge is 0.252 e. The fraction of sp³-hybridized carbons (Fsp3) is 0.320. The van der Waals surface area contributed by atoms with Crippen molar-refractivity contribution in [2.24, 2.45) is 10.9 Å². The van der Waals surface area contributed by atoms with Gasteiger partial charge in [0.05, 0.1) is 18.1 Å². The Morgan fingerprint density at radius 1 is 1.31 bits per heavy atom. The van der Waals surface area contributed by atoms with Gasteiger partial charge in [-0.15, -0.1) is 0 Å². The molecule has 1 heterocycles. The van der Waals surface area contributed by atoms with Gasteiger partial charge in [0.25, 0.3) is 5.91 Å². The minimum atomic E-state index is -0.890. The van der Waals surface area contributed by atoms with Gasteiger partial charge in [-0.2, -0.15) is 0 Å². The average Bonchev–Trinajstić information content (AvgIpc) is 3.37. The molecule has 0 saturated heterocycles. The number of aliphatic imine (C=N–C) groups is 1. The molecule has 0 bridgehead atoms. The van der Waals surface area contributed by atoms with Crippen molar-refractivity contribution in [3.05, 3.63) is 72.3 Å². The van der Waals surface area contributed by atoms with Crippen LogP contribution in [0, 0.1) is 11.7 Å². The van der Waals surface area contributed by atoms with Crippen molar-refractivity contribution in [3.63, 3.8) is 0 Å². The van der Waals surface area contributed by atoms with Crippen molar-refractivity contribution in [2.75, 3.05) is 17.7 Å². The van der Waals surface area contributed by atoms with E-state index in [4.69, 9.17) is 0 Å². The summed E-state index contributed by atoms with van der Waals surface area (Å²) >= 11 is 0. The Morgan fingerprint density at radius 2 is 2.09 bits per heavy atom. The number of allylic oxidation sites excluding steroid dienone is 2. The van der Waals surface area contributed by atoms with Crippen LogP contribution in [0.2, 0.25) is 0 Å². The summed E-state index contributed by atoms with van der Waals surface area (Å²) in [5.41, 5.74) is 0.811. The van der Waals surface area contributed by atoms with Crippen molar-refractivity contribution in [1.29, 1.82) is 0 Å². The monoisotopic (exact) mass is 488 g/mol. The summed E-state index contributed by atoms with van der Waals surface area (Å²) < 4.78 is 28.1. The number of aromatic nitrogens is 2. The van der Waals surface area contributed by atoms with Crippen LogP contribution in [-0.4, -0.2) is 41.1 Å². The number of carbonyl (C=O) groups excluding carboxylic acids is 2. The number of benzene rings is 1. The van der Waals surface area contributed by atoms with Gasteiger partial charge in [0.15, 0.2) is 17.5 Å². The molecule has 3 N–H and O–H groups in total. The molecule has 1 fully saturated rings. The van der Waals surface area contributed by atoms with Gasteiger partial charge in [-0.05, 0) is 36.6 Å². The Kier molecular flexibility index (Phi) is 9.16. The molecule has 1 saturated carbocycles. The summed E-state index contributed by atoms with van der Waals surface area (Å²) in [5, 5.41) is 8.07. The van der Waals surface area contributed by atoms with Crippen molar-refractivity contribution in [1.82, 2.24) is 15.3 Å². The Bertz CT molecular complexity index is 1140. The largest absolute Gasteiger partial charge is 0.353 e. The van der Waals surface area contributed by atoms with E-state index < -0.39 is 29.5 Å². The fourth-order valence-corrected chi connectivity index (χ4v) is 3.95. The standard InChI is InChI=1S/C25H28F2N6O2.3H2/c1-3-21(19(26)13-28-2)31-18-10-6-9-17(12-18)24(34)32-22(11-16-7-4-5-8-16)25(35)33-23-20(27)14-29-15-30-23;;;/h3,6,9-10,12-16,22,31H,1,4-5,7-8,11H2,2H3,(H,32,34)(H,29,30,33,35);3*1H/b21-19-,28-13?;;;/t22-;;;/m0.../s1. The average molecular weight is 489 g/mol. The molecule has 0 unspecified atom stereocenters. The van der Waals surface area contributed by atoms with E-state index in [1.807, 2.05) is 0 Å². The van der Waals surface area contributed by atoms with E-state index in [1.165, 1.54) is 19.2 Å². The SMILES string of the molecule is C=C/C(Nc1cccc(C(=O)N[C@@H](CC2CCCC2)C(=O)Nc2ncncc2F)c1)=C(/F)C=NC.[HH].[HH].[HH]. The van der Waals surface area contributed by atoms with Crippen molar-refractivity contribution in [2.45, 2.75) is 38.1 Å². The van der Waals surface area contributed by atoms with Crippen LogP contribution in [0.3, 0.4) is 0 Å². The lowest BCUT2D eigenvalue weighted by atomic mass is 9.97. The van der Waals surface area contributed by atoms with Crippen molar-refractivity contribution >= 4 is 29.5 Å². The highest BCUT2D eigenvalue weighted by atomic mass is 19.1. The number of hydrogen-bond acceptors (Lipinski definition) is 6. The normalized spacial score (nSPS) is 15.4. The zero-order valence-corrected chi connectivity index (χ0v) is 19.4. The highest BCUT2D eigenvalue weighted by Crippen LogP contribution is 2.29. The van der Waals surface area contributed by atoms with E-state index >= 15 is 0 Å². The Hall–Kier alpha value is -3.95. The van der Waals surface area contributed by atoms with Crippen LogP contribution in [0.1, 0.15) is 46.7 Å². The zero-order valence-electron chi connectivity index (χ0n) is 19.4. The van der Waals surface area contributed by atoms with E-state index in [0.717, 1.165) is 44.4 Å². The van der Waals surface area contributed by atoms with Crippen molar-refractivity contribution in [3.8, 4) is 0 Å². The summed E-state index contributed by atoms with van der Waals surface area (Å²) in [6.45, 7) is 3.58. The quantitative estimate of drug-likeness (QED) is 0.317. The summed E-state index contributed by atoms with van der Waals surface area (Å²) in [6, 6.07) is 5.52. The molecule has 8 nitrogen and oxygen atoms in total. The number of nitrogens with zero attached hydrogens (tertiary/aromatic N) is 3. The van der Waals surface area contributed by atoms with Gasteiger partial charge < -0.3 is 16.0 Å². The maximum atomic E-state index is 14.1. The molecule has 1 aromatic carbocycles. The lowest BCUT2D eigenvalue weighted by molar-refractivity contribution is -0.118. The molecule has 1 aliphatic rings. The number of halogens is 2. The summed E-state index contributed by atoms with van der Waals surface area (Å²) in [5.74, 6) is -2.40. The van der Waals surface area contributed by atoms with E-state index in [-0.39, 0.29) is 27.3 Å². The summed E-state index contributed by atoms with van der Waals surface area (Å²) in [7, 11) is 1.45. The fourth-order valence-electron chi connectivity index (χ4n) is 3.95. The van der Waals surface area contributed by atoms with E-state index in [1.54, 1.807) is 18.2 Å². The second kappa shape index (κ2) is 12.5. The molecular formula is C25H34F2N6O2. The topological polar surface area (TPSA) is 108 Å². The van der Waals surface area contributed by atoms with Gasteiger partial charge in [0.1, 0.15) is 12.4 Å². The number of carbonyl (C=O) groups is 2. The van der Waals surface area contributed by atoms with Crippen LogP contribution in [0.25, 0.3) is 0 Å². The van der Waals surface area contributed by atoms with Crippen molar-refractivity contribution < 1.29 is 22.6 Å². The number of nitrogens with one attached hydrogen (secondary N) is 3. The molecule has 0 radical (unpaired) electrons. The van der Waals surface area contributed by atoms with E-state index in [2.05, 4.69) is 37.5 Å². The van der Waals surface area contributed by atoms with Crippen LogP contribution in [-0.2, 0) is 4.79 Å². The number of amides is 2. The summed E-state index contributed by atoms with van der Waals surface area (Å²) in [4.78, 5) is 37.0. The number of rotatable bonds is 10. The summed E-state index contributed by atoms with van der Waals surface area (Å²) in [6.07, 6.45) is 8.92. The van der Waals surface area contributed by atoms with Crippen LogP contribution in [0.15, 0.2) is 66.0 Å². The van der Waals surface area contributed by atoms with Gasteiger partial charge in [-0.3, -0.25) is 14.6 Å². The molecule has 10 heteroatoms. The number of anilines is 2. The van der Waals surface area contributed by atoms with Gasteiger partial charge >= 0.3 is 0 Å². The molecule has 1 aromatic heterocycles. The molecule has 3 rings (SSSR count). The third-order valence-corrected chi connectivity index (χ3v) is 5.68.